The molecule has 3 unspecified atom stereocenters. The van der Waals surface area contributed by atoms with Crippen LogP contribution < -0.4 is 0 Å². The van der Waals surface area contributed by atoms with Crippen LogP contribution in [0.4, 0.5) is 0 Å². The van der Waals surface area contributed by atoms with Crippen LogP contribution in [0.2, 0.25) is 0 Å². The number of halogens is 1. The van der Waals surface area contributed by atoms with E-state index in [-0.39, 0.29) is 39.8 Å². The maximum absolute atomic E-state index is 14.7. The largest absolute Gasteiger partial charge is 0.481 e. The highest BCUT2D eigenvalue weighted by Crippen LogP contribution is 2.68. The van der Waals surface area contributed by atoms with Gasteiger partial charge in [0.1, 0.15) is 6.04 Å². The third-order valence-corrected chi connectivity index (χ3v) is 11.1. The molecule has 3 aliphatic heterocycles. The first-order valence-corrected chi connectivity index (χ1v) is 14.7. The molecule has 3 fully saturated rings. The SMILES string of the molecule is C=CCN(C(=O)C1N([C@@H](CO)CC(C)C)C(=O)[C@@H]2[C@H](C(=O)O)[C@H]3SC12CC3Br)C(C)(C)CC(C)(C)C. The summed E-state index contributed by atoms with van der Waals surface area (Å²) in [5.41, 5.74) is -0.572. The first kappa shape index (κ1) is 29.5. The summed E-state index contributed by atoms with van der Waals surface area (Å²) < 4.78 is -0.850. The van der Waals surface area contributed by atoms with Crippen LogP contribution in [0, 0.1) is 23.2 Å². The maximum atomic E-state index is 14.7. The van der Waals surface area contributed by atoms with Gasteiger partial charge in [0.05, 0.1) is 29.2 Å². The van der Waals surface area contributed by atoms with Gasteiger partial charge < -0.3 is 20.0 Å². The van der Waals surface area contributed by atoms with Crippen molar-refractivity contribution in [2.45, 2.75) is 100 Å². The van der Waals surface area contributed by atoms with Crippen molar-refractivity contribution in [1.82, 2.24) is 9.80 Å². The number of rotatable bonds is 10. The van der Waals surface area contributed by atoms with Crippen LogP contribution in [0.25, 0.3) is 0 Å². The van der Waals surface area contributed by atoms with Gasteiger partial charge in [-0.15, -0.1) is 18.3 Å². The summed E-state index contributed by atoms with van der Waals surface area (Å²) in [7, 11) is 0. The fourth-order valence-electron chi connectivity index (χ4n) is 7.15. The highest BCUT2D eigenvalue weighted by molar-refractivity contribution is 9.09. The minimum atomic E-state index is -0.995. The number of aliphatic hydroxyl groups is 1. The molecule has 3 aliphatic rings. The predicted octanol–water partition coefficient (Wildman–Crippen LogP) is 4.17. The number of nitrogens with zero attached hydrogens (tertiary/aromatic N) is 2. The molecule has 0 aromatic carbocycles. The molecule has 7 nitrogen and oxygen atoms in total. The second-order valence-corrected chi connectivity index (χ2v) is 15.7. The molecule has 9 heteroatoms. The maximum Gasteiger partial charge on any atom is 0.308 e. The molecule has 7 atom stereocenters. The Morgan fingerprint density at radius 1 is 1.31 bits per heavy atom. The summed E-state index contributed by atoms with van der Waals surface area (Å²) in [6.07, 6.45) is 3.52. The van der Waals surface area contributed by atoms with Crippen LogP contribution in [0.1, 0.15) is 67.7 Å². The third-order valence-electron chi connectivity index (χ3n) is 7.87. The zero-order chi connectivity index (χ0) is 27.4. The summed E-state index contributed by atoms with van der Waals surface area (Å²) in [6.45, 7) is 18.5. The van der Waals surface area contributed by atoms with Crippen LogP contribution in [0.3, 0.4) is 0 Å². The number of alkyl halides is 1. The minimum absolute atomic E-state index is 0.0452. The minimum Gasteiger partial charge on any atom is -0.481 e. The van der Waals surface area contributed by atoms with Crippen LogP contribution in [0.5, 0.6) is 0 Å². The van der Waals surface area contributed by atoms with Gasteiger partial charge in [-0.2, -0.15) is 0 Å². The van der Waals surface area contributed by atoms with Crippen LogP contribution in [-0.4, -0.2) is 83.4 Å². The zero-order valence-electron chi connectivity index (χ0n) is 22.7. The number of fused-ring (bicyclic) bond motifs is 1. The Labute approximate surface area is 228 Å². The number of likely N-dealkylation sites (tertiary alicyclic amines) is 1. The van der Waals surface area contributed by atoms with Crippen LogP contribution in [-0.2, 0) is 14.4 Å². The molecular formula is C27H43BrN2O5S. The number of carboxylic acid groups (broad SMARTS) is 1. The Bertz CT molecular complexity index is 903. The first-order chi connectivity index (χ1) is 16.5. The highest BCUT2D eigenvalue weighted by atomic mass is 79.9. The third kappa shape index (κ3) is 5.00. The molecule has 2 bridgehead atoms. The Hall–Kier alpha value is -1.06. The molecule has 36 heavy (non-hydrogen) atoms. The average Bonchev–Trinajstić information content (AvgIpc) is 3.31. The summed E-state index contributed by atoms with van der Waals surface area (Å²) in [4.78, 5) is 44.5. The van der Waals surface area contributed by atoms with E-state index < -0.39 is 40.2 Å². The molecule has 2 amide bonds. The van der Waals surface area contributed by atoms with Gasteiger partial charge in [-0.3, -0.25) is 14.4 Å². The lowest BCUT2D eigenvalue weighted by molar-refractivity contribution is -0.151. The van der Waals surface area contributed by atoms with Crippen LogP contribution >= 0.6 is 27.7 Å². The summed E-state index contributed by atoms with van der Waals surface area (Å²) in [6, 6.07) is -1.39. The number of aliphatic hydroxyl groups excluding tert-OH is 1. The van der Waals surface area contributed by atoms with Crippen molar-refractivity contribution in [2.75, 3.05) is 13.2 Å². The Balaban J connectivity index is 2.17. The lowest BCUT2D eigenvalue weighted by Gasteiger charge is -2.47. The van der Waals surface area contributed by atoms with E-state index in [4.69, 9.17) is 0 Å². The fraction of sp³-hybridized carbons (Fsp3) is 0.815. The van der Waals surface area contributed by atoms with E-state index in [2.05, 4.69) is 43.3 Å². The Kier molecular flexibility index (Phi) is 8.40. The number of carbonyl (C=O) groups excluding carboxylic acids is 2. The second kappa shape index (κ2) is 10.3. The van der Waals surface area contributed by atoms with E-state index in [1.165, 1.54) is 11.8 Å². The number of amides is 2. The van der Waals surface area contributed by atoms with E-state index in [1.54, 1.807) is 11.0 Å². The van der Waals surface area contributed by atoms with E-state index >= 15 is 0 Å². The van der Waals surface area contributed by atoms with E-state index in [0.717, 1.165) is 6.42 Å². The Morgan fingerprint density at radius 3 is 2.39 bits per heavy atom. The summed E-state index contributed by atoms with van der Waals surface area (Å²) in [5, 5.41) is 20.3. The molecule has 0 saturated carbocycles. The molecule has 3 heterocycles. The molecule has 3 rings (SSSR count). The number of carbonyl (C=O) groups is 3. The predicted molar refractivity (Wildman–Crippen MR) is 147 cm³/mol. The van der Waals surface area contributed by atoms with Gasteiger partial charge in [-0.1, -0.05) is 56.6 Å². The number of aliphatic carboxylic acids is 1. The van der Waals surface area contributed by atoms with Gasteiger partial charge in [-0.25, -0.2) is 0 Å². The summed E-state index contributed by atoms with van der Waals surface area (Å²) in [5.74, 6) is -2.94. The summed E-state index contributed by atoms with van der Waals surface area (Å²) >= 11 is 5.19. The Morgan fingerprint density at radius 2 is 1.92 bits per heavy atom. The molecule has 0 aliphatic carbocycles. The van der Waals surface area contributed by atoms with Gasteiger partial charge in [0, 0.05) is 22.2 Å². The van der Waals surface area contributed by atoms with E-state index in [9.17, 15) is 24.6 Å². The molecular weight excluding hydrogens is 544 g/mol. The topological polar surface area (TPSA) is 98.2 Å². The number of thioether (sulfide) groups is 1. The standard InChI is InChI=1S/C27H43BrN2O5S/c1-9-10-29(26(7,8)14-25(4,5)6)23(33)21-27-12-17(28)20(36-27)18(24(34)35)19(27)22(32)30(21)16(13-31)11-15(2)3/h9,15-21,31H,1,10-14H2,2-8H3,(H,34,35)/t16-,17?,18+,19+,20+,21?,27?/m1/s1. The van der Waals surface area contributed by atoms with Crippen molar-refractivity contribution in [2.24, 2.45) is 23.2 Å². The number of hydrogen-bond acceptors (Lipinski definition) is 5. The molecule has 0 aromatic rings. The van der Waals surface area contributed by atoms with Crippen molar-refractivity contribution in [3.05, 3.63) is 12.7 Å². The smallest absolute Gasteiger partial charge is 0.308 e. The van der Waals surface area contributed by atoms with Crippen molar-refractivity contribution in [1.29, 1.82) is 0 Å². The molecule has 0 aromatic heterocycles. The van der Waals surface area contributed by atoms with E-state index in [0.29, 0.717) is 19.4 Å². The molecule has 1 spiro atoms. The zero-order valence-corrected chi connectivity index (χ0v) is 25.1. The highest BCUT2D eigenvalue weighted by Gasteiger charge is 2.76. The van der Waals surface area contributed by atoms with Crippen molar-refractivity contribution < 1.29 is 24.6 Å². The first-order valence-electron chi connectivity index (χ1n) is 12.9. The van der Waals surface area contributed by atoms with Crippen LogP contribution in [0.15, 0.2) is 12.7 Å². The lowest BCUT2D eigenvalue weighted by Crippen LogP contribution is -2.62. The molecule has 3 saturated heterocycles. The molecule has 2 N–H and O–H groups in total. The number of hydrogen-bond donors (Lipinski definition) is 2. The quantitative estimate of drug-likeness (QED) is 0.294. The molecule has 204 valence electrons. The second-order valence-electron chi connectivity index (χ2n) is 13.0. The van der Waals surface area contributed by atoms with E-state index in [1.807, 2.05) is 32.6 Å². The normalized spacial score (nSPS) is 32.7. The van der Waals surface area contributed by atoms with Gasteiger partial charge in [0.2, 0.25) is 11.8 Å². The molecule has 0 radical (unpaired) electrons. The average molecular weight is 588 g/mol. The van der Waals surface area contributed by atoms with Crippen molar-refractivity contribution in [3.63, 3.8) is 0 Å². The van der Waals surface area contributed by atoms with Gasteiger partial charge in [0.15, 0.2) is 0 Å². The van der Waals surface area contributed by atoms with Gasteiger partial charge in [-0.05, 0) is 44.4 Å². The number of carboxylic acids is 1. The van der Waals surface area contributed by atoms with Crippen molar-refractivity contribution >= 4 is 45.5 Å². The van der Waals surface area contributed by atoms with Gasteiger partial charge >= 0.3 is 5.97 Å². The monoisotopic (exact) mass is 586 g/mol. The fourth-order valence-corrected chi connectivity index (χ4v) is 10.7. The van der Waals surface area contributed by atoms with Gasteiger partial charge in [0.25, 0.3) is 0 Å². The lowest BCUT2D eigenvalue weighted by atomic mass is 9.70. The van der Waals surface area contributed by atoms with Crippen molar-refractivity contribution in [3.8, 4) is 0 Å².